The summed E-state index contributed by atoms with van der Waals surface area (Å²) in [5, 5.41) is 9.55. The molecule has 0 fully saturated rings. The number of benzene rings is 1. The van der Waals surface area contributed by atoms with E-state index in [-0.39, 0.29) is 11.1 Å². The number of halogens is 1. The van der Waals surface area contributed by atoms with Crippen molar-refractivity contribution in [2.45, 2.75) is 46.1 Å². The number of unbranched alkanes of at least 4 members (excludes halogenated alkanes) is 1. The Morgan fingerprint density at radius 1 is 1.38 bits per heavy atom. The van der Waals surface area contributed by atoms with Crippen LogP contribution >= 0.6 is 11.6 Å². The normalized spacial score (nSPS) is 16.4. The molecule has 0 aromatic heterocycles. The summed E-state index contributed by atoms with van der Waals surface area (Å²) in [5.74, 6) is -0.986. The number of carboxylic acids is 1. The van der Waals surface area contributed by atoms with E-state index >= 15 is 0 Å². The number of carbonyl (C=O) groups is 1. The first-order valence-corrected chi connectivity index (χ1v) is 7.70. The first kappa shape index (κ1) is 15.9. The third-order valence-electron chi connectivity index (χ3n) is 4.03. The quantitative estimate of drug-likeness (QED) is 0.865. The van der Waals surface area contributed by atoms with Gasteiger partial charge in [0, 0.05) is 17.8 Å². The molecule has 21 heavy (non-hydrogen) atoms. The third kappa shape index (κ3) is 2.93. The van der Waals surface area contributed by atoms with Gasteiger partial charge in [-0.3, -0.25) is 0 Å². The zero-order chi connectivity index (χ0) is 15.8. The topological polar surface area (TPSA) is 40.5 Å². The molecule has 0 bridgehead atoms. The smallest absolute Gasteiger partial charge is 0.337 e. The van der Waals surface area contributed by atoms with E-state index in [1.807, 2.05) is 6.92 Å². The van der Waals surface area contributed by atoms with Crippen LogP contribution in [0.3, 0.4) is 0 Å². The monoisotopic (exact) mass is 307 g/mol. The van der Waals surface area contributed by atoms with E-state index in [2.05, 4.69) is 31.7 Å². The van der Waals surface area contributed by atoms with Crippen molar-refractivity contribution in [3.05, 3.63) is 34.4 Å². The lowest BCUT2D eigenvalue weighted by Gasteiger charge is -2.43. The molecule has 114 valence electrons. The lowest BCUT2D eigenvalue weighted by molar-refractivity contribution is 0.0697. The van der Waals surface area contributed by atoms with Crippen LogP contribution in [0.1, 0.15) is 56.5 Å². The maximum atomic E-state index is 11.3. The van der Waals surface area contributed by atoms with Crippen molar-refractivity contribution in [2.24, 2.45) is 0 Å². The SMILES string of the molecule is CCCCN1c2cc(Cl)c(C(=O)O)cc2C(C)=CC1(C)C. The van der Waals surface area contributed by atoms with Gasteiger partial charge in [-0.25, -0.2) is 4.79 Å². The van der Waals surface area contributed by atoms with Crippen LogP contribution in [0.5, 0.6) is 0 Å². The van der Waals surface area contributed by atoms with Gasteiger partial charge in [-0.15, -0.1) is 0 Å². The zero-order valence-electron chi connectivity index (χ0n) is 13.0. The fourth-order valence-corrected chi connectivity index (χ4v) is 3.23. The van der Waals surface area contributed by atoms with Gasteiger partial charge in [0.1, 0.15) is 0 Å². The standard InChI is InChI=1S/C17H22ClNO2/c1-5-6-7-19-15-9-14(18)13(16(20)21)8-12(15)11(2)10-17(19,3)4/h8-10H,5-7H2,1-4H3,(H,20,21). The van der Waals surface area contributed by atoms with Crippen molar-refractivity contribution in [1.82, 2.24) is 0 Å². The zero-order valence-corrected chi connectivity index (χ0v) is 13.8. The van der Waals surface area contributed by atoms with Crippen LogP contribution < -0.4 is 4.90 Å². The summed E-state index contributed by atoms with van der Waals surface area (Å²) >= 11 is 6.17. The van der Waals surface area contributed by atoms with Crippen LogP contribution in [-0.4, -0.2) is 23.2 Å². The van der Waals surface area contributed by atoms with Crippen LogP contribution in [0, 0.1) is 0 Å². The van der Waals surface area contributed by atoms with Gasteiger partial charge in [-0.1, -0.05) is 31.0 Å². The van der Waals surface area contributed by atoms with Crippen molar-refractivity contribution < 1.29 is 9.90 Å². The molecule has 1 aromatic rings. The summed E-state index contributed by atoms with van der Waals surface area (Å²) in [4.78, 5) is 13.6. The molecular formula is C17H22ClNO2. The minimum absolute atomic E-state index is 0.0969. The predicted molar refractivity (Wildman–Crippen MR) is 88.4 cm³/mol. The van der Waals surface area contributed by atoms with E-state index < -0.39 is 5.97 Å². The highest BCUT2D eigenvalue weighted by Gasteiger charge is 2.32. The Morgan fingerprint density at radius 3 is 2.62 bits per heavy atom. The van der Waals surface area contributed by atoms with E-state index in [9.17, 15) is 9.90 Å². The summed E-state index contributed by atoms with van der Waals surface area (Å²) in [7, 11) is 0. The van der Waals surface area contributed by atoms with E-state index in [0.717, 1.165) is 36.2 Å². The molecule has 0 saturated heterocycles. The minimum atomic E-state index is -0.986. The highest BCUT2D eigenvalue weighted by atomic mass is 35.5. The second-order valence-electron chi connectivity index (χ2n) is 6.14. The molecule has 1 aromatic carbocycles. The van der Waals surface area contributed by atoms with Gasteiger partial charge in [-0.2, -0.15) is 0 Å². The summed E-state index contributed by atoms with van der Waals surface area (Å²) in [6.45, 7) is 9.47. The molecule has 3 nitrogen and oxygen atoms in total. The third-order valence-corrected chi connectivity index (χ3v) is 4.34. The number of fused-ring (bicyclic) bond motifs is 1. The average Bonchev–Trinajstić information content (AvgIpc) is 2.36. The maximum Gasteiger partial charge on any atom is 0.337 e. The Balaban J connectivity index is 2.59. The number of anilines is 1. The fraction of sp³-hybridized carbons (Fsp3) is 0.471. The number of aromatic carboxylic acids is 1. The van der Waals surface area contributed by atoms with Crippen LogP contribution in [-0.2, 0) is 0 Å². The average molecular weight is 308 g/mol. The molecule has 1 heterocycles. The van der Waals surface area contributed by atoms with Crippen molar-refractivity contribution in [3.63, 3.8) is 0 Å². The van der Waals surface area contributed by atoms with Gasteiger partial charge in [0.25, 0.3) is 0 Å². The van der Waals surface area contributed by atoms with E-state index in [1.54, 1.807) is 12.1 Å². The highest BCUT2D eigenvalue weighted by Crippen LogP contribution is 2.41. The lowest BCUT2D eigenvalue weighted by Crippen LogP contribution is -2.45. The molecule has 0 saturated carbocycles. The minimum Gasteiger partial charge on any atom is -0.478 e. The lowest BCUT2D eigenvalue weighted by atomic mass is 9.87. The first-order chi connectivity index (χ1) is 9.77. The Labute approximate surface area is 131 Å². The summed E-state index contributed by atoms with van der Waals surface area (Å²) in [6.07, 6.45) is 4.41. The fourth-order valence-electron chi connectivity index (χ4n) is 2.99. The molecule has 4 heteroatoms. The van der Waals surface area contributed by atoms with Crippen LogP contribution in [0.15, 0.2) is 18.2 Å². The van der Waals surface area contributed by atoms with Crippen molar-refractivity contribution in [1.29, 1.82) is 0 Å². The van der Waals surface area contributed by atoms with E-state index in [4.69, 9.17) is 11.6 Å². The number of nitrogens with zero attached hydrogens (tertiary/aromatic N) is 1. The van der Waals surface area contributed by atoms with Gasteiger partial charge in [0.15, 0.2) is 0 Å². The van der Waals surface area contributed by atoms with Gasteiger partial charge < -0.3 is 10.0 Å². The van der Waals surface area contributed by atoms with Gasteiger partial charge in [0.05, 0.1) is 16.1 Å². The number of allylic oxidation sites excluding steroid dienone is 1. The molecule has 1 aliphatic rings. The van der Waals surface area contributed by atoms with E-state index in [0.29, 0.717) is 5.02 Å². The Bertz CT molecular complexity index is 605. The molecule has 0 amide bonds. The van der Waals surface area contributed by atoms with Crippen molar-refractivity contribution in [3.8, 4) is 0 Å². The van der Waals surface area contributed by atoms with Gasteiger partial charge in [0.2, 0.25) is 0 Å². The molecule has 0 radical (unpaired) electrons. The molecular weight excluding hydrogens is 286 g/mol. The van der Waals surface area contributed by atoms with Crippen molar-refractivity contribution in [2.75, 3.05) is 11.4 Å². The molecule has 0 spiro atoms. The highest BCUT2D eigenvalue weighted by molar-refractivity contribution is 6.34. The van der Waals surface area contributed by atoms with Gasteiger partial charge in [-0.05, 0) is 44.9 Å². The number of hydrogen-bond acceptors (Lipinski definition) is 2. The van der Waals surface area contributed by atoms with Crippen LogP contribution in [0.25, 0.3) is 5.57 Å². The summed E-state index contributed by atoms with van der Waals surface area (Å²) < 4.78 is 0. The molecule has 1 aliphatic heterocycles. The van der Waals surface area contributed by atoms with Crippen molar-refractivity contribution >= 4 is 28.8 Å². The summed E-state index contributed by atoms with van der Waals surface area (Å²) in [5.41, 5.74) is 3.16. The molecule has 0 aliphatic carbocycles. The number of rotatable bonds is 4. The second kappa shape index (κ2) is 5.72. The second-order valence-corrected chi connectivity index (χ2v) is 6.55. The first-order valence-electron chi connectivity index (χ1n) is 7.32. The summed E-state index contributed by atoms with van der Waals surface area (Å²) in [6, 6.07) is 3.49. The molecule has 0 unspecified atom stereocenters. The number of hydrogen-bond donors (Lipinski definition) is 1. The van der Waals surface area contributed by atoms with Gasteiger partial charge >= 0.3 is 5.97 Å². The predicted octanol–water partition coefficient (Wildman–Crippen LogP) is 4.84. The Kier molecular flexibility index (Phi) is 4.33. The molecule has 1 N–H and O–H groups in total. The largest absolute Gasteiger partial charge is 0.478 e. The van der Waals surface area contributed by atoms with E-state index in [1.165, 1.54) is 0 Å². The number of carboxylic acid groups (broad SMARTS) is 1. The maximum absolute atomic E-state index is 11.3. The molecule has 0 atom stereocenters. The van der Waals surface area contributed by atoms with Crippen LogP contribution in [0.2, 0.25) is 5.02 Å². The van der Waals surface area contributed by atoms with Crippen LogP contribution in [0.4, 0.5) is 5.69 Å². The Morgan fingerprint density at radius 2 is 2.05 bits per heavy atom. The molecule has 2 rings (SSSR count). The Hall–Kier alpha value is -1.48.